The molecule has 1 aliphatic heterocycles. The second-order valence-corrected chi connectivity index (χ2v) is 2.83. The third-order valence-electron chi connectivity index (χ3n) is 1.63. The normalized spacial score (nSPS) is 22.2. The van der Waals surface area contributed by atoms with E-state index in [-0.39, 0.29) is 0 Å². The molecule has 10 heavy (non-hydrogen) atoms. The van der Waals surface area contributed by atoms with E-state index in [0.29, 0.717) is 18.6 Å². The van der Waals surface area contributed by atoms with E-state index in [4.69, 9.17) is 15.2 Å². The van der Waals surface area contributed by atoms with Crippen molar-refractivity contribution >= 4 is 0 Å². The lowest BCUT2D eigenvalue weighted by atomic mass is 10.2. The van der Waals surface area contributed by atoms with Crippen LogP contribution in [-0.2, 0) is 9.47 Å². The first kappa shape index (κ1) is 7.98. The molecule has 1 fully saturated rings. The van der Waals surface area contributed by atoms with E-state index in [2.05, 4.69) is 6.92 Å². The molecule has 0 unspecified atom stereocenters. The summed E-state index contributed by atoms with van der Waals surface area (Å²) in [4.78, 5) is 0. The third kappa shape index (κ3) is 2.25. The van der Waals surface area contributed by atoms with Crippen molar-refractivity contribution in [3.05, 3.63) is 0 Å². The highest BCUT2D eigenvalue weighted by Crippen LogP contribution is 2.06. The minimum Gasteiger partial charge on any atom is -0.376 e. The fourth-order valence-electron chi connectivity index (χ4n) is 0.679. The van der Waals surface area contributed by atoms with Crippen molar-refractivity contribution in [2.75, 3.05) is 26.4 Å². The van der Waals surface area contributed by atoms with Crippen molar-refractivity contribution in [2.45, 2.75) is 13.0 Å². The highest BCUT2D eigenvalue weighted by Gasteiger charge is 2.18. The Morgan fingerprint density at radius 2 is 2.40 bits per heavy atom. The van der Waals surface area contributed by atoms with Gasteiger partial charge in [0.1, 0.15) is 6.10 Å². The molecule has 3 heteroatoms. The van der Waals surface area contributed by atoms with Crippen LogP contribution in [0.5, 0.6) is 0 Å². The van der Waals surface area contributed by atoms with Crippen LogP contribution in [0.4, 0.5) is 0 Å². The Labute approximate surface area is 61.5 Å². The lowest BCUT2D eigenvalue weighted by Gasteiger charge is -2.27. The molecule has 0 saturated carbocycles. The minimum absolute atomic E-state index is 0.342. The van der Waals surface area contributed by atoms with Crippen LogP contribution in [0, 0.1) is 5.92 Å². The Bertz CT molecular complexity index is 88.9. The quantitative estimate of drug-likeness (QED) is 0.605. The van der Waals surface area contributed by atoms with Gasteiger partial charge in [-0.25, -0.2) is 0 Å². The maximum atomic E-state index is 5.43. The highest BCUT2D eigenvalue weighted by molar-refractivity contribution is 4.65. The summed E-state index contributed by atoms with van der Waals surface area (Å²) >= 11 is 0. The first-order valence-electron chi connectivity index (χ1n) is 3.72. The van der Waals surface area contributed by atoms with Gasteiger partial charge in [-0.2, -0.15) is 0 Å². The smallest absolute Gasteiger partial charge is 0.104 e. The molecule has 3 nitrogen and oxygen atoms in total. The predicted molar refractivity (Wildman–Crippen MR) is 38.8 cm³/mol. The van der Waals surface area contributed by atoms with Crippen LogP contribution in [0.2, 0.25) is 0 Å². The lowest BCUT2D eigenvalue weighted by molar-refractivity contribution is -0.134. The molecule has 0 spiro atoms. The minimum atomic E-state index is 0.342. The zero-order chi connectivity index (χ0) is 7.40. The van der Waals surface area contributed by atoms with Gasteiger partial charge in [-0.05, 0) is 12.5 Å². The fraction of sp³-hybridized carbons (Fsp3) is 1.00. The van der Waals surface area contributed by atoms with Crippen LogP contribution in [0.3, 0.4) is 0 Å². The van der Waals surface area contributed by atoms with Gasteiger partial charge in [-0.3, -0.25) is 0 Å². The van der Waals surface area contributed by atoms with Crippen LogP contribution in [0.25, 0.3) is 0 Å². The molecular weight excluding hydrogens is 130 g/mol. The monoisotopic (exact) mass is 145 g/mol. The summed E-state index contributed by atoms with van der Waals surface area (Å²) in [5.74, 6) is 0.473. The van der Waals surface area contributed by atoms with E-state index in [1.54, 1.807) is 0 Å². The number of hydrogen-bond donors (Lipinski definition) is 1. The van der Waals surface area contributed by atoms with Crippen molar-refractivity contribution in [1.82, 2.24) is 0 Å². The van der Waals surface area contributed by atoms with E-state index >= 15 is 0 Å². The number of rotatable bonds is 4. The molecule has 1 heterocycles. The molecule has 1 rings (SSSR count). The Morgan fingerprint density at radius 1 is 1.70 bits per heavy atom. The fourth-order valence-corrected chi connectivity index (χ4v) is 0.679. The molecule has 2 N–H and O–H groups in total. The van der Waals surface area contributed by atoms with Crippen LogP contribution in [0.15, 0.2) is 0 Å². The van der Waals surface area contributed by atoms with Gasteiger partial charge in [0, 0.05) is 0 Å². The number of ether oxygens (including phenoxy) is 2. The molecule has 0 amide bonds. The van der Waals surface area contributed by atoms with Gasteiger partial charge < -0.3 is 15.2 Å². The van der Waals surface area contributed by atoms with Crippen LogP contribution >= 0.6 is 0 Å². The molecule has 1 saturated heterocycles. The highest BCUT2D eigenvalue weighted by atomic mass is 16.6. The molecular formula is C7H15NO2. The summed E-state index contributed by atoms with van der Waals surface area (Å²) in [6, 6.07) is 0. The lowest BCUT2D eigenvalue weighted by Crippen LogP contribution is -2.37. The summed E-state index contributed by atoms with van der Waals surface area (Å²) in [5, 5.41) is 0. The molecule has 1 atom stereocenters. The molecule has 1 aliphatic rings. The molecule has 0 aromatic carbocycles. The van der Waals surface area contributed by atoms with Crippen molar-refractivity contribution in [3.8, 4) is 0 Å². The summed E-state index contributed by atoms with van der Waals surface area (Å²) in [7, 11) is 0. The molecule has 0 radical (unpaired) electrons. The van der Waals surface area contributed by atoms with Crippen LogP contribution < -0.4 is 5.73 Å². The zero-order valence-corrected chi connectivity index (χ0v) is 6.38. The summed E-state index contributed by atoms with van der Waals surface area (Å²) in [5.41, 5.74) is 5.41. The Morgan fingerprint density at radius 3 is 2.80 bits per heavy atom. The van der Waals surface area contributed by atoms with Gasteiger partial charge in [0.05, 0.1) is 19.8 Å². The third-order valence-corrected chi connectivity index (χ3v) is 1.63. The topological polar surface area (TPSA) is 44.5 Å². The predicted octanol–water partition coefficient (Wildman–Crippen LogP) is -0.00340. The van der Waals surface area contributed by atoms with E-state index < -0.39 is 0 Å². The van der Waals surface area contributed by atoms with E-state index in [1.165, 1.54) is 0 Å². The maximum Gasteiger partial charge on any atom is 0.104 e. The van der Waals surface area contributed by atoms with Crippen LogP contribution in [0.1, 0.15) is 6.92 Å². The average Bonchev–Trinajstić information content (AvgIpc) is 1.84. The first-order chi connectivity index (χ1) is 4.83. The summed E-state index contributed by atoms with van der Waals surface area (Å²) in [6.07, 6.45) is 0.342. The zero-order valence-electron chi connectivity index (χ0n) is 6.38. The van der Waals surface area contributed by atoms with Crippen molar-refractivity contribution in [3.63, 3.8) is 0 Å². The van der Waals surface area contributed by atoms with Gasteiger partial charge in [0.15, 0.2) is 0 Å². The van der Waals surface area contributed by atoms with Crippen molar-refractivity contribution in [2.24, 2.45) is 11.7 Å². The van der Waals surface area contributed by atoms with E-state index in [9.17, 15) is 0 Å². The number of hydrogen-bond acceptors (Lipinski definition) is 3. The second-order valence-electron chi connectivity index (χ2n) is 2.83. The maximum absolute atomic E-state index is 5.43. The van der Waals surface area contributed by atoms with Gasteiger partial charge in [0.25, 0.3) is 0 Å². The standard InChI is InChI=1S/C7H15NO2/c1-6(2-8)3-10-7-4-9-5-7/h6-7H,2-5,8H2,1H3/t6-/m0/s1. The SMILES string of the molecule is C[C@@H](CN)COC1COC1. The van der Waals surface area contributed by atoms with Crippen molar-refractivity contribution < 1.29 is 9.47 Å². The van der Waals surface area contributed by atoms with Gasteiger partial charge in [0.2, 0.25) is 0 Å². The largest absolute Gasteiger partial charge is 0.376 e. The summed E-state index contributed by atoms with van der Waals surface area (Å²) in [6.45, 7) is 5.08. The molecule has 0 bridgehead atoms. The average molecular weight is 145 g/mol. The Hall–Kier alpha value is -0.120. The Kier molecular flexibility index (Phi) is 3.12. The second kappa shape index (κ2) is 3.91. The number of nitrogens with two attached hydrogens (primary N) is 1. The molecule has 60 valence electrons. The van der Waals surface area contributed by atoms with Gasteiger partial charge in [-0.15, -0.1) is 0 Å². The molecule has 0 aromatic heterocycles. The summed E-state index contributed by atoms with van der Waals surface area (Å²) < 4.78 is 10.4. The molecule has 0 aromatic rings. The van der Waals surface area contributed by atoms with Gasteiger partial charge in [-0.1, -0.05) is 6.92 Å². The van der Waals surface area contributed by atoms with Gasteiger partial charge >= 0.3 is 0 Å². The van der Waals surface area contributed by atoms with E-state index in [1.807, 2.05) is 0 Å². The van der Waals surface area contributed by atoms with Crippen LogP contribution in [-0.4, -0.2) is 32.5 Å². The molecule has 0 aliphatic carbocycles. The van der Waals surface area contributed by atoms with E-state index in [0.717, 1.165) is 19.8 Å². The van der Waals surface area contributed by atoms with Crippen molar-refractivity contribution in [1.29, 1.82) is 0 Å². The first-order valence-corrected chi connectivity index (χ1v) is 3.72. The Balaban J connectivity index is 1.93.